The van der Waals surface area contributed by atoms with Gasteiger partial charge in [-0.05, 0) is 74.2 Å². The van der Waals surface area contributed by atoms with E-state index in [1.54, 1.807) is 49.1 Å². The molecule has 0 saturated heterocycles. The summed E-state index contributed by atoms with van der Waals surface area (Å²) >= 11 is 0. The molecule has 8 nitrogen and oxygen atoms in total. The van der Waals surface area contributed by atoms with Crippen molar-refractivity contribution in [3.8, 4) is 0 Å². The second-order valence-corrected chi connectivity index (χ2v) is 7.20. The van der Waals surface area contributed by atoms with Gasteiger partial charge < -0.3 is 10.0 Å². The molecular formula is C18H25ClN4O4. The van der Waals surface area contributed by atoms with Crippen molar-refractivity contribution in [2.24, 2.45) is 5.92 Å². The molecule has 0 aliphatic heterocycles. The predicted molar refractivity (Wildman–Crippen MR) is 102 cm³/mol. The molecule has 0 radical (unpaired) electrons. The Morgan fingerprint density at radius 2 is 1.74 bits per heavy atom. The highest BCUT2D eigenvalue weighted by atomic mass is 35.5. The van der Waals surface area contributed by atoms with Crippen LogP contribution in [0.1, 0.15) is 36.0 Å². The number of rotatable bonds is 5. The molecule has 1 heterocycles. The lowest BCUT2D eigenvalue weighted by atomic mass is 9.80. The lowest BCUT2D eigenvalue weighted by Crippen LogP contribution is -2.46. The molecule has 2 aromatic rings. The van der Waals surface area contributed by atoms with E-state index >= 15 is 0 Å². The van der Waals surface area contributed by atoms with Gasteiger partial charge in [-0.25, -0.2) is 4.63 Å². The molecule has 1 aromatic heterocycles. The Balaban J connectivity index is 0.00000261. The van der Waals surface area contributed by atoms with Crippen molar-refractivity contribution in [3.63, 3.8) is 0 Å². The third-order valence-corrected chi connectivity index (χ3v) is 5.37. The molecule has 0 bridgehead atoms. The van der Waals surface area contributed by atoms with Crippen LogP contribution in [0.3, 0.4) is 0 Å². The van der Waals surface area contributed by atoms with E-state index in [1.165, 1.54) is 0 Å². The summed E-state index contributed by atoms with van der Waals surface area (Å²) in [7, 11) is 5.41. The van der Waals surface area contributed by atoms with Crippen molar-refractivity contribution in [1.82, 2.24) is 20.1 Å². The van der Waals surface area contributed by atoms with Gasteiger partial charge in [0.2, 0.25) is 0 Å². The van der Waals surface area contributed by atoms with Crippen molar-refractivity contribution in [2.45, 2.75) is 37.8 Å². The van der Waals surface area contributed by atoms with E-state index in [0.29, 0.717) is 16.6 Å². The number of halogens is 1. The number of likely N-dealkylation sites (N-methyl/N-ethyl adjacent to an activating group) is 1. The van der Waals surface area contributed by atoms with Crippen molar-refractivity contribution in [3.05, 3.63) is 23.8 Å². The number of benzene rings is 1. The Labute approximate surface area is 163 Å². The number of aliphatic carboxylic acids is 1. The monoisotopic (exact) mass is 396 g/mol. The van der Waals surface area contributed by atoms with Crippen molar-refractivity contribution >= 4 is 35.3 Å². The Morgan fingerprint density at radius 3 is 2.33 bits per heavy atom. The third-order valence-electron chi connectivity index (χ3n) is 5.37. The molecule has 27 heavy (non-hydrogen) atoms. The first-order chi connectivity index (χ1) is 12.4. The zero-order chi connectivity index (χ0) is 18.8. The number of carboxylic acid groups (broad SMARTS) is 1. The van der Waals surface area contributed by atoms with E-state index in [2.05, 4.69) is 14.9 Å². The molecule has 1 atom stereocenters. The molecule has 1 fully saturated rings. The standard InChI is InChI=1S/C18H24N4O4.ClH/c1-21(2)16(18(24)25)11-4-7-13(8-5-11)22(3)17(23)12-6-9-14-15(10-12)20-26-19-14;/h6,9-11,13,16H,4-5,7-8H2,1-3H3,(H,24,25);1H. The summed E-state index contributed by atoms with van der Waals surface area (Å²) in [6.45, 7) is 0. The lowest BCUT2D eigenvalue weighted by Gasteiger charge is -2.38. The molecule has 148 valence electrons. The van der Waals surface area contributed by atoms with Crippen LogP contribution in [-0.4, -0.2) is 70.3 Å². The Morgan fingerprint density at radius 1 is 1.11 bits per heavy atom. The smallest absolute Gasteiger partial charge is 0.321 e. The molecule has 9 heteroatoms. The highest BCUT2D eigenvalue weighted by Crippen LogP contribution is 2.31. The maximum Gasteiger partial charge on any atom is 0.321 e. The van der Waals surface area contributed by atoms with Gasteiger partial charge in [0.05, 0.1) is 0 Å². The average Bonchev–Trinajstić information content (AvgIpc) is 3.08. The zero-order valence-corrected chi connectivity index (χ0v) is 16.5. The van der Waals surface area contributed by atoms with Gasteiger partial charge in [-0.2, -0.15) is 0 Å². The molecule has 1 aliphatic rings. The Bertz CT molecular complexity index is 802. The first kappa shape index (κ1) is 21.1. The van der Waals surface area contributed by atoms with Crippen molar-refractivity contribution < 1.29 is 19.3 Å². The number of aromatic nitrogens is 2. The predicted octanol–water partition coefficient (Wildman–Crippen LogP) is 2.29. The van der Waals surface area contributed by atoms with Crippen LogP contribution in [0.15, 0.2) is 22.8 Å². The van der Waals surface area contributed by atoms with Crippen LogP contribution in [0.25, 0.3) is 11.0 Å². The van der Waals surface area contributed by atoms with Gasteiger partial charge in [0.1, 0.15) is 17.1 Å². The van der Waals surface area contributed by atoms with Crippen LogP contribution in [0, 0.1) is 5.92 Å². The van der Waals surface area contributed by atoms with E-state index < -0.39 is 12.0 Å². The highest BCUT2D eigenvalue weighted by molar-refractivity contribution is 5.97. The fraction of sp³-hybridized carbons (Fsp3) is 0.556. The van der Waals surface area contributed by atoms with Crippen molar-refractivity contribution in [1.29, 1.82) is 0 Å². The fourth-order valence-electron chi connectivity index (χ4n) is 3.93. The van der Waals surface area contributed by atoms with Gasteiger partial charge in [-0.15, -0.1) is 12.4 Å². The normalized spacial score (nSPS) is 20.9. The zero-order valence-electron chi connectivity index (χ0n) is 15.7. The van der Waals surface area contributed by atoms with Gasteiger partial charge in [0, 0.05) is 18.7 Å². The molecule has 1 amide bonds. The van der Waals surface area contributed by atoms with Crippen LogP contribution in [0.4, 0.5) is 0 Å². The minimum absolute atomic E-state index is 0. The maximum atomic E-state index is 12.8. The number of nitrogens with zero attached hydrogens (tertiary/aromatic N) is 4. The quantitative estimate of drug-likeness (QED) is 0.827. The van der Waals surface area contributed by atoms with Crippen LogP contribution < -0.4 is 0 Å². The van der Waals surface area contributed by atoms with E-state index in [9.17, 15) is 14.7 Å². The minimum atomic E-state index is -0.780. The molecule has 1 N–H and O–H groups in total. The van der Waals surface area contributed by atoms with Gasteiger partial charge in [0.25, 0.3) is 5.91 Å². The number of amides is 1. The fourth-order valence-corrected chi connectivity index (χ4v) is 3.93. The van der Waals surface area contributed by atoms with Gasteiger partial charge in [-0.1, -0.05) is 0 Å². The number of hydrogen-bond donors (Lipinski definition) is 1. The summed E-state index contributed by atoms with van der Waals surface area (Å²) < 4.78 is 4.67. The summed E-state index contributed by atoms with van der Waals surface area (Å²) in [5.41, 5.74) is 1.73. The summed E-state index contributed by atoms with van der Waals surface area (Å²) in [5.74, 6) is -0.738. The third kappa shape index (κ3) is 4.39. The van der Waals surface area contributed by atoms with Crippen LogP contribution in [0.2, 0.25) is 0 Å². The van der Waals surface area contributed by atoms with Gasteiger partial charge in [-0.3, -0.25) is 14.5 Å². The van der Waals surface area contributed by atoms with Crippen molar-refractivity contribution in [2.75, 3.05) is 21.1 Å². The molecular weight excluding hydrogens is 372 g/mol. The Hall–Kier alpha value is -2.19. The van der Waals surface area contributed by atoms with Gasteiger partial charge >= 0.3 is 5.97 Å². The molecule has 1 aromatic carbocycles. The number of carbonyl (C=O) groups is 2. The SMILES string of the molecule is CN(C)C(C(=O)O)C1CCC(N(C)C(=O)c2ccc3nonc3c2)CC1.Cl. The van der Waals surface area contributed by atoms with E-state index in [4.69, 9.17) is 0 Å². The summed E-state index contributed by atoms with van der Waals surface area (Å²) in [6.07, 6.45) is 3.20. The Kier molecular flexibility index (Phi) is 6.78. The second-order valence-electron chi connectivity index (χ2n) is 7.20. The van der Waals surface area contributed by atoms with E-state index in [-0.39, 0.29) is 30.3 Å². The first-order valence-electron chi connectivity index (χ1n) is 8.77. The molecule has 1 saturated carbocycles. The molecule has 0 spiro atoms. The first-order valence-corrected chi connectivity index (χ1v) is 8.77. The lowest BCUT2D eigenvalue weighted by molar-refractivity contribution is -0.145. The summed E-state index contributed by atoms with van der Waals surface area (Å²) in [5, 5.41) is 17.0. The van der Waals surface area contributed by atoms with Crippen LogP contribution in [0.5, 0.6) is 0 Å². The second kappa shape index (κ2) is 8.67. The number of hydrogen-bond acceptors (Lipinski definition) is 6. The van der Waals surface area contributed by atoms with E-state index in [1.807, 2.05) is 0 Å². The van der Waals surface area contributed by atoms with E-state index in [0.717, 1.165) is 25.7 Å². The topological polar surface area (TPSA) is 99.8 Å². The van der Waals surface area contributed by atoms with Crippen LogP contribution >= 0.6 is 12.4 Å². The number of carbonyl (C=O) groups excluding carboxylic acids is 1. The molecule has 1 aliphatic carbocycles. The highest BCUT2D eigenvalue weighted by Gasteiger charge is 2.35. The largest absolute Gasteiger partial charge is 0.480 e. The minimum Gasteiger partial charge on any atom is -0.480 e. The number of fused-ring (bicyclic) bond motifs is 1. The summed E-state index contributed by atoms with van der Waals surface area (Å²) in [4.78, 5) is 27.8. The maximum absolute atomic E-state index is 12.8. The number of carboxylic acids is 1. The van der Waals surface area contributed by atoms with Gasteiger partial charge in [0.15, 0.2) is 0 Å². The molecule has 3 rings (SSSR count). The average molecular weight is 397 g/mol. The van der Waals surface area contributed by atoms with Crippen LogP contribution in [-0.2, 0) is 4.79 Å². The summed E-state index contributed by atoms with van der Waals surface area (Å²) in [6, 6.07) is 4.77. The molecule has 1 unspecified atom stereocenters.